The normalized spacial score (nSPS) is 10.8. The number of benzene rings is 2. The summed E-state index contributed by atoms with van der Waals surface area (Å²) in [6.07, 6.45) is 0. The van der Waals surface area contributed by atoms with E-state index < -0.39 is 6.61 Å². The van der Waals surface area contributed by atoms with Gasteiger partial charge in [-0.25, -0.2) is 4.98 Å². The lowest BCUT2D eigenvalue weighted by Crippen LogP contribution is -2.03. The average molecular weight is 269 g/mol. The van der Waals surface area contributed by atoms with Gasteiger partial charge in [-0.3, -0.25) is 4.79 Å². The molecule has 1 heterocycles. The number of aromatic nitrogens is 1. The summed E-state index contributed by atoms with van der Waals surface area (Å²) >= 11 is 1.59. The molecule has 4 heteroatoms. The zero-order valence-corrected chi connectivity index (χ0v) is 10.9. The zero-order valence-electron chi connectivity index (χ0n) is 10.0. The molecule has 0 aliphatic carbocycles. The van der Waals surface area contributed by atoms with E-state index >= 15 is 0 Å². The van der Waals surface area contributed by atoms with Gasteiger partial charge < -0.3 is 5.11 Å². The van der Waals surface area contributed by atoms with Crippen molar-refractivity contribution < 1.29 is 9.90 Å². The predicted octanol–water partition coefficient (Wildman–Crippen LogP) is 3.14. The fourth-order valence-electron chi connectivity index (χ4n) is 1.91. The first kappa shape index (κ1) is 12.0. The van der Waals surface area contributed by atoms with Crippen molar-refractivity contribution >= 4 is 27.3 Å². The van der Waals surface area contributed by atoms with Gasteiger partial charge in [-0.15, -0.1) is 11.3 Å². The average Bonchev–Trinajstić information content (AvgIpc) is 2.90. The van der Waals surface area contributed by atoms with Crippen LogP contribution in [-0.2, 0) is 0 Å². The van der Waals surface area contributed by atoms with Crippen molar-refractivity contribution in [2.45, 2.75) is 0 Å². The number of aliphatic hydroxyl groups excluding tert-OH is 1. The van der Waals surface area contributed by atoms with Crippen molar-refractivity contribution in [3.63, 3.8) is 0 Å². The molecular formula is C15H11NO2S. The second-order valence-corrected chi connectivity index (χ2v) is 5.18. The van der Waals surface area contributed by atoms with Gasteiger partial charge in [0.25, 0.3) is 0 Å². The molecule has 19 heavy (non-hydrogen) atoms. The summed E-state index contributed by atoms with van der Waals surface area (Å²) in [5.41, 5.74) is 2.38. The van der Waals surface area contributed by atoms with E-state index in [9.17, 15) is 4.79 Å². The van der Waals surface area contributed by atoms with Crippen LogP contribution in [0.15, 0.2) is 48.5 Å². The van der Waals surface area contributed by atoms with Crippen molar-refractivity contribution in [2.24, 2.45) is 0 Å². The summed E-state index contributed by atoms with van der Waals surface area (Å²) in [7, 11) is 0. The van der Waals surface area contributed by atoms with Gasteiger partial charge in [-0.2, -0.15) is 0 Å². The quantitative estimate of drug-likeness (QED) is 0.743. The van der Waals surface area contributed by atoms with Crippen LogP contribution in [0.1, 0.15) is 10.4 Å². The SMILES string of the molecule is O=C(CO)c1cccc(-c2nc3ccccc3s2)c1. The van der Waals surface area contributed by atoms with Gasteiger partial charge in [0.1, 0.15) is 11.6 Å². The van der Waals surface area contributed by atoms with Gasteiger partial charge in [0.05, 0.1) is 10.2 Å². The molecule has 0 fully saturated rings. The van der Waals surface area contributed by atoms with Crippen LogP contribution in [-0.4, -0.2) is 22.5 Å². The Hall–Kier alpha value is -2.04. The third-order valence-electron chi connectivity index (χ3n) is 2.87. The van der Waals surface area contributed by atoms with Crippen LogP contribution < -0.4 is 0 Å². The van der Waals surface area contributed by atoms with Gasteiger partial charge in [0, 0.05) is 11.1 Å². The first-order valence-electron chi connectivity index (χ1n) is 5.88. The number of Topliss-reactive ketones (excluding diaryl/α,β-unsaturated/α-hetero) is 1. The fourth-order valence-corrected chi connectivity index (χ4v) is 2.87. The Kier molecular flexibility index (Phi) is 3.11. The third kappa shape index (κ3) is 2.28. The van der Waals surface area contributed by atoms with Crippen molar-refractivity contribution in [3.8, 4) is 10.6 Å². The Morgan fingerprint density at radius 1 is 1.16 bits per heavy atom. The summed E-state index contributed by atoms with van der Waals surface area (Å²) in [4.78, 5) is 16.1. The smallest absolute Gasteiger partial charge is 0.188 e. The lowest BCUT2D eigenvalue weighted by Gasteiger charge is -2.00. The molecule has 0 unspecified atom stereocenters. The van der Waals surface area contributed by atoms with Crippen molar-refractivity contribution in [2.75, 3.05) is 6.61 Å². The lowest BCUT2D eigenvalue weighted by atomic mass is 10.1. The topological polar surface area (TPSA) is 50.2 Å². The van der Waals surface area contributed by atoms with Gasteiger partial charge in [-0.1, -0.05) is 30.3 Å². The van der Waals surface area contributed by atoms with Crippen LogP contribution in [0.3, 0.4) is 0 Å². The number of thiazole rings is 1. The van der Waals surface area contributed by atoms with Gasteiger partial charge in [0.2, 0.25) is 0 Å². The van der Waals surface area contributed by atoms with Crippen LogP contribution >= 0.6 is 11.3 Å². The Morgan fingerprint density at radius 3 is 2.79 bits per heavy atom. The third-order valence-corrected chi connectivity index (χ3v) is 3.95. The highest BCUT2D eigenvalue weighted by Gasteiger charge is 2.09. The maximum Gasteiger partial charge on any atom is 0.188 e. The molecule has 0 bridgehead atoms. The second kappa shape index (κ2) is 4.91. The Morgan fingerprint density at radius 2 is 2.00 bits per heavy atom. The molecule has 0 spiro atoms. The number of rotatable bonds is 3. The Labute approximate surface area is 114 Å². The summed E-state index contributed by atoms with van der Waals surface area (Å²) in [5, 5.41) is 9.78. The highest BCUT2D eigenvalue weighted by atomic mass is 32.1. The molecule has 0 saturated carbocycles. The van der Waals surface area contributed by atoms with Crippen LogP contribution in [0, 0.1) is 0 Å². The van der Waals surface area contributed by atoms with Gasteiger partial charge in [-0.05, 0) is 18.2 Å². The van der Waals surface area contributed by atoms with Crippen molar-refractivity contribution in [1.82, 2.24) is 4.98 Å². The summed E-state index contributed by atoms with van der Waals surface area (Å²) in [6, 6.07) is 15.1. The molecule has 0 atom stereocenters. The molecule has 3 aromatic rings. The number of para-hydroxylation sites is 1. The molecule has 94 valence electrons. The number of hydrogen-bond donors (Lipinski definition) is 1. The van der Waals surface area contributed by atoms with E-state index in [0.717, 1.165) is 20.8 Å². The van der Waals surface area contributed by atoms with Gasteiger partial charge >= 0.3 is 0 Å². The van der Waals surface area contributed by atoms with Crippen molar-refractivity contribution in [3.05, 3.63) is 54.1 Å². The minimum Gasteiger partial charge on any atom is -0.388 e. The molecule has 2 aromatic carbocycles. The van der Waals surface area contributed by atoms with E-state index in [4.69, 9.17) is 5.11 Å². The van der Waals surface area contributed by atoms with Crippen molar-refractivity contribution in [1.29, 1.82) is 0 Å². The molecule has 0 aliphatic heterocycles. The number of aliphatic hydroxyl groups is 1. The molecule has 3 nitrogen and oxygen atoms in total. The van der Waals surface area contributed by atoms with E-state index in [0.29, 0.717) is 5.56 Å². The molecule has 0 radical (unpaired) electrons. The minimum atomic E-state index is -0.469. The van der Waals surface area contributed by atoms with Crippen LogP contribution in [0.4, 0.5) is 0 Å². The first-order valence-corrected chi connectivity index (χ1v) is 6.69. The molecule has 0 amide bonds. The van der Waals surface area contributed by atoms with Crippen LogP contribution in [0.5, 0.6) is 0 Å². The van der Waals surface area contributed by atoms with E-state index in [1.165, 1.54) is 0 Å². The molecule has 0 aliphatic rings. The zero-order chi connectivity index (χ0) is 13.2. The molecular weight excluding hydrogens is 258 g/mol. The number of carbonyl (C=O) groups excluding carboxylic acids is 1. The number of fused-ring (bicyclic) bond motifs is 1. The molecule has 1 aromatic heterocycles. The monoisotopic (exact) mass is 269 g/mol. The standard InChI is InChI=1S/C15H11NO2S/c17-9-13(18)10-4-3-5-11(8-10)15-16-12-6-1-2-7-14(12)19-15/h1-8,17H,9H2. The van der Waals surface area contributed by atoms with Crippen LogP contribution in [0.2, 0.25) is 0 Å². The number of nitrogens with zero attached hydrogens (tertiary/aromatic N) is 1. The summed E-state index contributed by atoms with van der Waals surface area (Å²) in [6.45, 7) is -0.469. The largest absolute Gasteiger partial charge is 0.388 e. The van der Waals surface area contributed by atoms with E-state index in [1.807, 2.05) is 36.4 Å². The summed E-state index contributed by atoms with van der Waals surface area (Å²) < 4.78 is 1.12. The minimum absolute atomic E-state index is 0.275. The van der Waals surface area contributed by atoms with Gasteiger partial charge in [0.15, 0.2) is 5.78 Å². The lowest BCUT2D eigenvalue weighted by molar-refractivity contribution is 0.0904. The maximum atomic E-state index is 11.5. The second-order valence-electron chi connectivity index (χ2n) is 4.15. The molecule has 1 N–H and O–H groups in total. The first-order chi connectivity index (χ1) is 9.28. The van der Waals surface area contributed by atoms with Crippen LogP contribution in [0.25, 0.3) is 20.8 Å². The Balaban J connectivity index is 2.08. The number of ketones is 1. The molecule has 3 rings (SSSR count). The van der Waals surface area contributed by atoms with E-state index in [1.54, 1.807) is 23.5 Å². The Bertz CT molecular complexity index is 715. The van der Waals surface area contributed by atoms with E-state index in [2.05, 4.69) is 4.98 Å². The summed E-state index contributed by atoms with van der Waals surface area (Å²) in [5.74, 6) is -0.275. The van der Waals surface area contributed by atoms with E-state index in [-0.39, 0.29) is 5.78 Å². The highest BCUT2D eigenvalue weighted by molar-refractivity contribution is 7.21. The molecule has 0 saturated heterocycles. The number of hydrogen-bond acceptors (Lipinski definition) is 4. The maximum absolute atomic E-state index is 11.5. The highest BCUT2D eigenvalue weighted by Crippen LogP contribution is 2.30. The number of carbonyl (C=O) groups is 1. The predicted molar refractivity (Wildman–Crippen MR) is 76.5 cm³/mol. The fraction of sp³-hybridized carbons (Fsp3) is 0.0667.